The highest BCUT2D eigenvalue weighted by molar-refractivity contribution is 5.96. The minimum Gasteiger partial charge on any atom is -0.505 e. The van der Waals surface area contributed by atoms with E-state index in [-0.39, 0.29) is 6.42 Å². The van der Waals surface area contributed by atoms with E-state index in [0.29, 0.717) is 18.6 Å². The van der Waals surface area contributed by atoms with Crippen molar-refractivity contribution in [3.63, 3.8) is 0 Å². The molecule has 10 nitrogen and oxygen atoms in total. The topological polar surface area (TPSA) is 157 Å². The van der Waals surface area contributed by atoms with E-state index in [1.54, 1.807) is 0 Å². The lowest BCUT2D eigenvalue weighted by atomic mass is 10.0. The Hall–Kier alpha value is -2.88. The molecule has 10 heteroatoms. The summed E-state index contributed by atoms with van der Waals surface area (Å²) in [6, 6.07) is 0. The summed E-state index contributed by atoms with van der Waals surface area (Å²) in [6.45, 7) is 1.70. The smallest absolute Gasteiger partial charge is 0.378 e. The van der Waals surface area contributed by atoms with Crippen molar-refractivity contribution in [1.29, 1.82) is 0 Å². The number of carboxylic acids is 1. The Morgan fingerprint density at radius 3 is 1.97 bits per heavy atom. The second-order valence-corrected chi connectivity index (χ2v) is 8.88. The molecule has 0 aliphatic carbocycles. The van der Waals surface area contributed by atoms with Crippen molar-refractivity contribution in [3.8, 4) is 0 Å². The molecule has 0 saturated carbocycles. The highest BCUT2D eigenvalue weighted by Gasteiger charge is 2.41. The first kappa shape index (κ1) is 31.2. The fraction of sp³-hybridized carbons (Fsp3) is 0.692. The number of aliphatic hydroxyl groups excluding tert-OH is 2. The van der Waals surface area contributed by atoms with Crippen molar-refractivity contribution in [2.75, 3.05) is 6.61 Å². The Morgan fingerprint density at radius 1 is 0.917 bits per heavy atom. The van der Waals surface area contributed by atoms with E-state index in [4.69, 9.17) is 14.6 Å². The molecule has 1 heterocycles. The molecule has 0 unspecified atom stereocenters. The van der Waals surface area contributed by atoms with Crippen LogP contribution in [-0.4, -0.2) is 58.0 Å². The summed E-state index contributed by atoms with van der Waals surface area (Å²) in [4.78, 5) is 45.6. The van der Waals surface area contributed by atoms with Crippen molar-refractivity contribution >= 4 is 23.9 Å². The summed E-state index contributed by atoms with van der Waals surface area (Å²) < 4.78 is 14.3. The lowest BCUT2D eigenvalue weighted by molar-refractivity contribution is -0.156. The number of unbranched alkanes of at least 4 members (excludes halogenated alkanes) is 12. The van der Waals surface area contributed by atoms with Crippen LogP contribution in [0.4, 0.5) is 0 Å². The van der Waals surface area contributed by atoms with Crippen LogP contribution in [-0.2, 0) is 33.4 Å². The molecule has 1 aliphatic heterocycles. The zero-order valence-electron chi connectivity index (χ0n) is 21.1. The third-order valence-corrected chi connectivity index (χ3v) is 5.74. The van der Waals surface area contributed by atoms with Crippen LogP contribution in [0.25, 0.3) is 0 Å². The van der Waals surface area contributed by atoms with Crippen molar-refractivity contribution < 1.29 is 48.7 Å². The number of esters is 3. The van der Waals surface area contributed by atoms with Crippen molar-refractivity contribution in [1.82, 2.24) is 0 Å². The number of aliphatic carboxylic acids is 1. The van der Waals surface area contributed by atoms with Crippen LogP contribution in [0.3, 0.4) is 0 Å². The summed E-state index contributed by atoms with van der Waals surface area (Å²) in [5.74, 6) is -6.08. The molecule has 204 valence electrons. The van der Waals surface area contributed by atoms with Crippen molar-refractivity contribution in [2.45, 2.75) is 109 Å². The predicted octanol–water partition coefficient (Wildman–Crippen LogP) is 4.25. The van der Waals surface area contributed by atoms with E-state index >= 15 is 0 Å². The third-order valence-electron chi connectivity index (χ3n) is 5.74. The minimum atomic E-state index is -1.58. The second-order valence-electron chi connectivity index (χ2n) is 8.88. The highest BCUT2D eigenvalue weighted by Crippen LogP contribution is 2.24. The second kappa shape index (κ2) is 18.4. The first-order valence-corrected chi connectivity index (χ1v) is 12.9. The lowest BCUT2D eigenvalue weighted by Crippen LogP contribution is -2.33. The average molecular weight is 513 g/mol. The largest absolute Gasteiger partial charge is 0.505 e. The van der Waals surface area contributed by atoms with E-state index in [1.807, 2.05) is 0 Å². The number of aliphatic hydroxyl groups is 2. The Labute approximate surface area is 212 Å². The van der Waals surface area contributed by atoms with Gasteiger partial charge in [0.05, 0.1) is 0 Å². The molecule has 3 N–H and O–H groups in total. The van der Waals surface area contributed by atoms with E-state index < -0.39 is 54.2 Å². The molecule has 36 heavy (non-hydrogen) atoms. The summed E-state index contributed by atoms with van der Waals surface area (Å²) in [5, 5.41) is 28.6. The maximum atomic E-state index is 11.9. The number of rotatable bonds is 20. The quantitative estimate of drug-likeness (QED) is 0.0932. The zero-order chi connectivity index (χ0) is 26.8. The Morgan fingerprint density at radius 2 is 1.44 bits per heavy atom. The fourth-order valence-corrected chi connectivity index (χ4v) is 3.71. The summed E-state index contributed by atoms with van der Waals surface area (Å²) in [6.07, 6.45) is 13.5. The molecule has 0 aromatic heterocycles. The van der Waals surface area contributed by atoms with Gasteiger partial charge in [0.25, 0.3) is 5.76 Å². The molecule has 1 aliphatic rings. The van der Waals surface area contributed by atoms with Crippen LogP contribution in [0.15, 0.2) is 23.7 Å². The van der Waals surface area contributed by atoms with Gasteiger partial charge >= 0.3 is 23.9 Å². The average Bonchev–Trinajstić information content (AvgIpc) is 3.12. The third kappa shape index (κ3) is 13.3. The van der Waals surface area contributed by atoms with Crippen LogP contribution < -0.4 is 0 Å². The van der Waals surface area contributed by atoms with Gasteiger partial charge in [0, 0.05) is 18.6 Å². The molecule has 0 saturated heterocycles. The van der Waals surface area contributed by atoms with Gasteiger partial charge in [-0.3, -0.25) is 4.79 Å². The van der Waals surface area contributed by atoms with Gasteiger partial charge in [-0.05, 0) is 6.42 Å². The predicted molar refractivity (Wildman–Crippen MR) is 130 cm³/mol. The number of carboxylic acid groups (broad SMARTS) is 1. The molecule has 0 aromatic carbocycles. The zero-order valence-corrected chi connectivity index (χ0v) is 21.1. The van der Waals surface area contributed by atoms with Gasteiger partial charge in [-0.15, -0.1) is 0 Å². The molecule has 2 atom stereocenters. The Kier molecular flexibility index (Phi) is 15.9. The molecule has 0 amide bonds. The minimum absolute atomic E-state index is 0.190. The monoisotopic (exact) mass is 512 g/mol. The SMILES string of the molecule is CCCCCCCCCCCCCCCC(=O)OC[C@H](O)[C@H]1OC(=O)C(OC(=O)/C=C\C(=O)O)=C1O. The fourth-order valence-electron chi connectivity index (χ4n) is 3.71. The first-order chi connectivity index (χ1) is 17.3. The van der Waals surface area contributed by atoms with Crippen molar-refractivity contribution in [2.24, 2.45) is 0 Å². The number of cyclic esters (lactones) is 1. The molecule has 0 fully saturated rings. The van der Waals surface area contributed by atoms with Crippen molar-refractivity contribution in [3.05, 3.63) is 23.7 Å². The number of carbonyl (C=O) groups excluding carboxylic acids is 3. The van der Waals surface area contributed by atoms with Crippen LogP contribution in [0.5, 0.6) is 0 Å². The van der Waals surface area contributed by atoms with Gasteiger partial charge < -0.3 is 29.5 Å². The maximum absolute atomic E-state index is 11.9. The number of hydrogen-bond acceptors (Lipinski definition) is 9. The summed E-state index contributed by atoms with van der Waals surface area (Å²) in [5.41, 5.74) is 0. The molecular formula is C26H40O10. The number of ether oxygens (including phenoxy) is 3. The van der Waals surface area contributed by atoms with E-state index in [9.17, 15) is 29.4 Å². The molecule has 0 radical (unpaired) electrons. The maximum Gasteiger partial charge on any atom is 0.378 e. The molecule has 1 rings (SSSR count). The van der Waals surface area contributed by atoms with Crippen LogP contribution >= 0.6 is 0 Å². The standard InChI is InChI=1S/C26H40O10/c1-2-3-4-5-6-7-8-9-10-11-12-13-14-15-21(30)34-18-19(27)24-23(32)25(26(33)36-24)35-22(31)17-16-20(28)29/h16-17,19,24,27,32H,2-15,18H2,1H3,(H,28,29)/b17-16-/t19-,24+/m0/s1. The van der Waals surface area contributed by atoms with Gasteiger partial charge in [-0.1, -0.05) is 84.0 Å². The van der Waals surface area contributed by atoms with E-state index in [0.717, 1.165) is 19.3 Å². The Balaban J connectivity index is 2.17. The van der Waals surface area contributed by atoms with Crippen LogP contribution in [0, 0.1) is 0 Å². The van der Waals surface area contributed by atoms with Gasteiger partial charge in [0.1, 0.15) is 12.7 Å². The lowest BCUT2D eigenvalue weighted by Gasteiger charge is -2.17. The van der Waals surface area contributed by atoms with Crippen LogP contribution in [0.2, 0.25) is 0 Å². The molecular weight excluding hydrogens is 472 g/mol. The molecule has 0 spiro atoms. The summed E-state index contributed by atoms with van der Waals surface area (Å²) in [7, 11) is 0. The highest BCUT2D eigenvalue weighted by atomic mass is 16.6. The van der Waals surface area contributed by atoms with Gasteiger partial charge in [-0.25, -0.2) is 14.4 Å². The number of hydrogen-bond donors (Lipinski definition) is 3. The molecule has 0 bridgehead atoms. The number of carbonyl (C=O) groups is 4. The van der Waals surface area contributed by atoms with E-state index in [2.05, 4.69) is 11.7 Å². The van der Waals surface area contributed by atoms with Gasteiger partial charge in [-0.2, -0.15) is 0 Å². The van der Waals surface area contributed by atoms with Gasteiger partial charge in [0.2, 0.25) is 0 Å². The van der Waals surface area contributed by atoms with E-state index in [1.165, 1.54) is 57.8 Å². The van der Waals surface area contributed by atoms with Gasteiger partial charge in [0.15, 0.2) is 11.9 Å². The van der Waals surface area contributed by atoms with Crippen LogP contribution in [0.1, 0.15) is 96.8 Å². The first-order valence-electron chi connectivity index (χ1n) is 12.9. The Bertz CT molecular complexity index is 771. The summed E-state index contributed by atoms with van der Waals surface area (Å²) >= 11 is 0. The normalized spacial score (nSPS) is 16.3. The molecule has 0 aromatic rings.